The van der Waals surface area contributed by atoms with Gasteiger partial charge < -0.3 is 30.0 Å². The van der Waals surface area contributed by atoms with Crippen LogP contribution in [0.5, 0.6) is 23.0 Å². The van der Waals surface area contributed by atoms with Crippen molar-refractivity contribution in [1.82, 2.24) is 9.97 Å². The minimum absolute atomic E-state index is 0. The van der Waals surface area contributed by atoms with Crippen LogP contribution in [0, 0.1) is 13.8 Å². The normalized spacial score (nSPS) is 13.1. The van der Waals surface area contributed by atoms with Gasteiger partial charge in [-0.1, -0.05) is 54.9 Å². The molecule has 4 aromatic carbocycles. The first-order valence-corrected chi connectivity index (χ1v) is 19.2. The van der Waals surface area contributed by atoms with Crippen LogP contribution < -0.4 is 30.0 Å². The van der Waals surface area contributed by atoms with Gasteiger partial charge in [0.15, 0.2) is 23.0 Å². The van der Waals surface area contributed by atoms with Crippen molar-refractivity contribution in [3.63, 3.8) is 0 Å². The van der Waals surface area contributed by atoms with Gasteiger partial charge >= 0.3 is 12.6 Å². The Hall–Kier alpha value is -5.51. The number of aryl methyl sites for hydroxylation is 2. The van der Waals surface area contributed by atoms with Gasteiger partial charge in [-0.25, -0.2) is 9.97 Å². The van der Waals surface area contributed by atoms with Crippen LogP contribution in [0.1, 0.15) is 39.3 Å². The topological polar surface area (TPSA) is 135 Å². The fraction of sp³-hybridized carbons (Fsp3) is 0.143. The van der Waals surface area contributed by atoms with Crippen LogP contribution in [0.2, 0.25) is 10.0 Å². The van der Waals surface area contributed by atoms with Crippen molar-refractivity contribution in [2.75, 3.05) is 16.4 Å². The third-order valence-electron chi connectivity index (χ3n) is 8.11. The number of alkyl halides is 6. The molecule has 1 amide bonds. The van der Waals surface area contributed by atoms with Crippen molar-refractivity contribution in [1.29, 1.82) is 0 Å². The highest BCUT2D eigenvalue weighted by Gasteiger charge is 2.44. The molecule has 0 aliphatic carbocycles. The van der Waals surface area contributed by atoms with Gasteiger partial charge in [-0.3, -0.25) is 9.59 Å². The molecule has 0 bridgehead atoms. The molecule has 8 rings (SSSR count). The maximum absolute atomic E-state index is 13.2. The predicted octanol–water partition coefficient (Wildman–Crippen LogP) is 13.0. The Morgan fingerprint density at radius 2 is 1.07 bits per heavy atom. The maximum Gasteiger partial charge on any atom is 0.586 e. The van der Waals surface area contributed by atoms with Gasteiger partial charge in [0.2, 0.25) is 0 Å². The number of hydrogen-bond acceptors (Lipinski definition) is 9. The van der Waals surface area contributed by atoms with E-state index < -0.39 is 17.8 Å². The molecule has 0 atom stereocenters. The van der Waals surface area contributed by atoms with Crippen molar-refractivity contribution in [2.45, 2.75) is 33.9 Å². The maximum atomic E-state index is 13.2. The van der Waals surface area contributed by atoms with E-state index in [0.29, 0.717) is 43.9 Å². The van der Waals surface area contributed by atoms with E-state index in [4.69, 9.17) is 63.7 Å². The molecule has 3 N–H and O–H groups in total. The Morgan fingerprint density at radius 1 is 0.656 bits per heavy atom. The van der Waals surface area contributed by atoms with E-state index in [1.165, 1.54) is 30.5 Å². The Bertz CT molecular complexity index is 2500. The number of nitrogens with two attached hydrogens (primary N) is 1. The second-order valence-corrected chi connectivity index (χ2v) is 14.2. The summed E-state index contributed by atoms with van der Waals surface area (Å²) in [5.41, 5.74) is 10.6. The molecule has 320 valence electrons. The molecule has 10 nitrogen and oxygen atoms in total. The van der Waals surface area contributed by atoms with E-state index in [1.807, 2.05) is 0 Å². The van der Waals surface area contributed by atoms with Gasteiger partial charge in [-0.15, -0.1) is 40.8 Å². The number of nitrogens with zero attached hydrogens (tertiary/aromatic N) is 2. The number of fused-ring (bicyclic) bond motifs is 2. The average Bonchev–Trinajstić information content (AvgIpc) is 3.67. The molecule has 0 saturated heterocycles. The number of pyridine rings is 2. The van der Waals surface area contributed by atoms with Crippen LogP contribution in [0.3, 0.4) is 0 Å². The van der Waals surface area contributed by atoms with Gasteiger partial charge in [0, 0.05) is 23.5 Å². The molecule has 2 aliphatic rings. The Labute approximate surface area is 372 Å². The minimum Gasteiger partial charge on any atom is -0.395 e. The van der Waals surface area contributed by atoms with Gasteiger partial charge in [-0.2, -0.15) is 0 Å². The standard InChI is InChI=1S/C20H13ClF2N2O3.C13H10F2N2O2.C7H4Cl2O.CH2Cl2.CH4/c1-11-8-16-17(28-20(22,23)27-16)9-14(11)12-6-7-18(24-10-12)25-19(26)13-4-2-3-5-15(13)21;1-7-4-10-11(19-13(14,15)18-10)5-9(7)8-2-3-12(16)17-6-8;8-6-4-2-1-3-5(6)7(9)10;2-1-3;/h2-10H,1H3,(H,24,25,26);2-6H,1H3,(H2,16,17);1-4H;1H2;1H4. The lowest BCUT2D eigenvalue weighted by Gasteiger charge is -2.09. The number of nitrogens with one attached hydrogen (secondary N) is 1. The first-order valence-electron chi connectivity index (χ1n) is 17.0. The van der Waals surface area contributed by atoms with Crippen LogP contribution in [0.25, 0.3) is 22.3 Å². The van der Waals surface area contributed by atoms with E-state index in [0.717, 1.165) is 22.3 Å². The molecular formula is C42H33Cl5F4N4O6. The Morgan fingerprint density at radius 3 is 1.44 bits per heavy atom. The van der Waals surface area contributed by atoms with Crippen LogP contribution in [0.15, 0.2) is 109 Å². The van der Waals surface area contributed by atoms with E-state index in [-0.39, 0.29) is 41.7 Å². The van der Waals surface area contributed by atoms with Crippen molar-refractivity contribution < 1.29 is 46.1 Å². The fourth-order valence-corrected chi connectivity index (χ4v) is 6.12. The van der Waals surface area contributed by atoms with Gasteiger partial charge in [0.25, 0.3) is 11.1 Å². The molecule has 2 aromatic heterocycles. The largest absolute Gasteiger partial charge is 0.586 e. The highest BCUT2D eigenvalue weighted by Crippen LogP contribution is 2.45. The lowest BCUT2D eigenvalue weighted by atomic mass is 10.0. The van der Waals surface area contributed by atoms with Gasteiger partial charge in [-0.05, 0) is 120 Å². The SMILES string of the molecule is C.Cc1cc2c(cc1-c1ccc(N)nc1)OC(F)(F)O2.Cc1cc2c(cc1-c1ccc(NC(=O)c3ccccc3Cl)nc1)OC(F)(F)O2.ClCCl.O=C(Cl)c1ccccc1Cl. The lowest BCUT2D eigenvalue weighted by molar-refractivity contribution is -0.287. The Balaban J connectivity index is 0.000000214. The molecule has 0 saturated carbocycles. The Kier molecular flexibility index (Phi) is 16.5. The lowest BCUT2D eigenvalue weighted by Crippen LogP contribution is -2.25. The smallest absolute Gasteiger partial charge is 0.395 e. The zero-order chi connectivity index (χ0) is 43.8. The molecule has 0 unspecified atom stereocenters. The fourth-order valence-electron chi connectivity index (χ4n) is 5.46. The van der Waals surface area contributed by atoms with Crippen LogP contribution in [-0.2, 0) is 0 Å². The third kappa shape index (κ3) is 12.8. The van der Waals surface area contributed by atoms with E-state index >= 15 is 0 Å². The molecule has 2 aliphatic heterocycles. The number of aromatic nitrogens is 2. The summed E-state index contributed by atoms with van der Waals surface area (Å²) in [5, 5.41) is 3.07. The summed E-state index contributed by atoms with van der Waals surface area (Å²) in [6.45, 7) is 3.56. The molecule has 4 heterocycles. The van der Waals surface area contributed by atoms with Crippen LogP contribution in [-0.4, -0.2) is 39.0 Å². The number of nitrogen functional groups attached to an aromatic ring is 1. The van der Waals surface area contributed by atoms with Crippen molar-refractivity contribution >= 4 is 80.8 Å². The highest BCUT2D eigenvalue weighted by molar-refractivity contribution is 6.68. The number of carbonyl (C=O) groups is 2. The van der Waals surface area contributed by atoms with Crippen LogP contribution in [0.4, 0.5) is 29.2 Å². The van der Waals surface area contributed by atoms with Crippen molar-refractivity contribution in [3.05, 3.63) is 142 Å². The predicted molar refractivity (Wildman–Crippen MR) is 230 cm³/mol. The first kappa shape index (κ1) is 48.2. The first-order chi connectivity index (χ1) is 28.4. The third-order valence-corrected chi connectivity index (χ3v) is 8.98. The molecule has 19 heteroatoms. The van der Waals surface area contributed by atoms with Crippen molar-refractivity contribution in [3.8, 4) is 45.3 Å². The summed E-state index contributed by atoms with van der Waals surface area (Å²) in [7, 11) is 0. The summed E-state index contributed by atoms with van der Waals surface area (Å²) >= 11 is 26.3. The number of halogens is 9. The number of benzene rings is 4. The number of hydrogen-bond donors (Lipinski definition) is 2. The number of rotatable bonds is 5. The van der Waals surface area contributed by atoms with E-state index in [1.54, 1.807) is 92.8 Å². The summed E-state index contributed by atoms with van der Waals surface area (Å²) in [4.78, 5) is 31.0. The quantitative estimate of drug-likeness (QED) is 0.0984. The molecule has 61 heavy (non-hydrogen) atoms. The molecule has 0 fully saturated rings. The van der Waals surface area contributed by atoms with Gasteiger partial charge in [0.1, 0.15) is 11.6 Å². The number of ether oxygens (including phenoxy) is 4. The second kappa shape index (κ2) is 20.8. The summed E-state index contributed by atoms with van der Waals surface area (Å²) in [5.74, 6) is 0.348. The minimum atomic E-state index is -3.67. The summed E-state index contributed by atoms with van der Waals surface area (Å²) < 4.78 is 70.2. The molecule has 0 spiro atoms. The van der Waals surface area contributed by atoms with Crippen molar-refractivity contribution in [2.24, 2.45) is 0 Å². The zero-order valence-corrected chi connectivity index (χ0v) is 34.7. The van der Waals surface area contributed by atoms with E-state index in [2.05, 4.69) is 34.2 Å². The number of amides is 1. The number of anilines is 2. The molecule has 6 aromatic rings. The van der Waals surface area contributed by atoms with Gasteiger partial charge in [0.05, 0.1) is 26.5 Å². The average molecular weight is 943 g/mol. The molecular weight excluding hydrogens is 910 g/mol. The number of carbonyl (C=O) groups excluding carboxylic acids is 2. The zero-order valence-electron chi connectivity index (χ0n) is 30.9. The van der Waals surface area contributed by atoms with E-state index in [9.17, 15) is 27.2 Å². The highest BCUT2D eigenvalue weighted by atomic mass is 35.5. The monoisotopic (exact) mass is 940 g/mol. The summed E-state index contributed by atoms with van der Waals surface area (Å²) in [6, 6.07) is 26.1. The van der Waals surface area contributed by atoms with Crippen LogP contribution >= 0.6 is 58.0 Å². The second-order valence-electron chi connectivity index (χ2n) is 12.3. The molecule has 0 radical (unpaired) electrons. The summed E-state index contributed by atoms with van der Waals surface area (Å²) in [6.07, 6.45) is -4.16.